The van der Waals surface area contributed by atoms with Crippen molar-refractivity contribution in [1.29, 1.82) is 0 Å². The first kappa shape index (κ1) is 20.7. The number of amides is 1. The summed E-state index contributed by atoms with van der Waals surface area (Å²) in [4.78, 5) is 24.6. The van der Waals surface area contributed by atoms with Gasteiger partial charge in [0.2, 0.25) is 5.88 Å². The molecule has 0 aliphatic rings. The van der Waals surface area contributed by atoms with Crippen LogP contribution in [-0.2, 0) is 11.3 Å². The van der Waals surface area contributed by atoms with Gasteiger partial charge in [-0.2, -0.15) is 4.68 Å². The Hall–Kier alpha value is -3.00. The predicted octanol–water partition coefficient (Wildman–Crippen LogP) is 3.61. The van der Waals surface area contributed by atoms with E-state index in [2.05, 4.69) is 26.3 Å². The quantitative estimate of drug-likeness (QED) is 0.585. The van der Waals surface area contributed by atoms with Gasteiger partial charge in [0.05, 0.1) is 5.69 Å². The minimum atomic E-state index is -0.770. The van der Waals surface area contributed by atoms with E-state index < -0.39 is 17.5 Å². The molecule has 0 bridgehead atoms. The Morgan fingerprint density at radius 2 is 1.97 bits per heavy atom. The Labute approximate surface area is 175 Å². The van der Waals surface area contributed by atoms with E-state index in [1.54, 1.807) is 0 Å². The molecule has 1 atom stereocenters. The smallest absolute Gasteiger partial charge is 0.271 e. The molecule has 0 saturated carbocycles. The zero-order valence-electron chi connectivity index (χ0n) is 15.6. The summed E-state index contributed by atoms with van der Waals surface area (Å²) in [7, 11) is 0. The number of halogens is 2. The molecule has 150 valence electrons. The minimum absolute atomic E-state index is 0.124. The van der Waals surface area contributed by atoms with Gasteiger partial charge in [-0.25, -0.2) is 4.39 Å². The molecule has 0 spiro atoms. The van der Waals surface area contributed by atoms with Gasteiger partial charge in [0.25, 0.3) is 11.5 Å². The molecule has 29 heavy (non-hydrogen) atoms. The minimum Gasteiger partial charge on any atom is -0.463 e. The number of hydrogen-bond donors (Lipinski definition) is 1. The lowest BCUT2D eigenvalue weighted by molar-refractivity contribution is -0.128. The molecule has 6 nitrogen and oxygen atoms in total. The second-order valence-corrected chi connectivity index (χ2v) is 7.18. The van der Waals surface area contributed by atoms with Crippen LogP contribution in [0.25, 0.3) is 5.69 Å². The normalized spacial score (nSPS) is 11.7. The Bertz CT molecular complexity index is 1050. The summed E-state index contributed by atoms with van der Waals surface area (Å²) in [5.74, 6) is -0.574. The fourth-order valence-electron chi connectivity index (χ4n) is 2.64. The molecule has 1 aromatic heterocycles. The van der Waals surface area contributed by atoms with E-state index in [0.29, 0.717) is 18.7 Å². The molecule has 0 saturated heterocycles. The fraction of sp³-hybridized carbons (Fsp3) is 0.190. The van der Waals surface area contributed by atoms with Gasteiger partial charge in [-0.1, -0.05) is 35.0 Å². The third-order valence-electron chi connectivity index (χ3n) is 4.13. The lowest BCUT2D eigenvalue weighted by Crippen LogP contribution is -2.38. The third kappa shape index (κ3) is 5.51. The SMILES string of the molecule is CC[C@H](Oc1ccc(=O)n(-c2ccc(F)cc2)n1)C(=O)NCc1cccc(Br)c1. The number of rotatable bonds is 7. The molecule has 0 aliphatic carbocycles. The largest absolute Gasteiger partial charge is 0.463 e. The van der Waals surface area contributed by atoms with Gasteiger partial charge in [-0.05, 0) is 48.4 Å². The van der Waals surface area contributed by atoms with Crippen LogP contribution in [0.4, 0.5) is 4.39 Å². The van der Waals surface area contributed by atoms with Crippen molar-refractivity contribution >= 4 is 21.8 Å². The van der Waals surface area contributed by atoms with Gasteiger partial charge in [-0.15, -0.1) is 5.10 Å². The van der Waals surface area contributed by atoms with Crippen molar-refractivity contribution in [2.24, 2.45) is 0 Å². The summed E-state index contributed by atoms with van der Waals surface area (Å²) in [5.41, 5.74) is 0.954. The van der Waals surface area contributed by atoms with Crippen molar-refractivity contribution in [3.05, 3.63) is 86.9 Å². The second kappa shape index (κ2) is 9.47. The van der Waals surface area contributed by atoms with E-state index in [0.717, 1.165) is 14.7 Å². The molecule has 0 radical (unpaired) electrons. The first-order valence-electron chi connectivity index (χ1n) is 9.01. The summed E-state index contributed by atoms with van der Waals surface area (Å²) in [5, 5.41) is 6.98. The van der Waals surface area contributed by atoms with Crippen LogP contribution >= 0.6 is 15.9 Å². The van der Waals surface area contributed by atoms with Crippen molar-refractivity contribution in [3.63, 3.8) is 0 Å². The third-order valence-corrected chi connectivity index (χ3v) is 4.62. The number of benzene rings is 2. The van der Waals surface area contributed by atoms with Crippen LogP contribution in [-0.4, -0.2) is 21.8 Å². The first-order chi connectivity index (χ1) is 14.0. The second-order valence-electron chi connectivity index (χ2n) is 6.26. The van der Waals surface area contributed by atoms with Crippen LogP contribution < -0.4 is 15.6 Å². The van der Waals surface area contributed by atoms with Crippen LogP contribution in [0.1, 0.15) is 18.9 Å². The van der Waals surface area contributed by atoms with Crippen molar-refractivity contribution in [1.82, 2.24) is 15.1 Å². The zero-order chi connectivity index (χ0) is 20.8. The molecule has 1 amide bonds. The molecule has 8 heteroatoms. The molecular weight excluding hydrogens is 441 g/mol. The highest BCUT2D eigenvalue weighted by molar-refractivity contribution is 9.10. The number of carbonyl (C=O) groups excluding carboxylic acids is 1. The Kier molecular flexibility index (Phi) is 6.77. The van der Waals surface area contributed by atoms with Crippen molar-refractivity contribution < 1.29 is 13.9 Å². The van der Waals surface area contributed by atoms with Gasteiger partial charge in [0.1, 0.15) is 5.82 Å². The van der Waals surface area contributed by atoms with Crippen LogP contribution in [0.2, 0.25) is 0 Å². The molecule has 0 fully saturated rings. The van der Waals surface area contributed by atoms with Crippen molar-refractivity contribution in [3.8, 4) is 11.6 Å². The first-order valence-corrected chi connectivity index (χ1v) is 9.80. The van der Waals surface area contributed by atoms with Crippen LogP contribution in [0.3, 0.4) is 0 Å². The lowest BCUT2D eigenvalue weighted by Gasteiger charge is -2.17. The highest BCUT2D eigenvalue weighted by atomic mass is 79.9. The van der Waals surface area contributed by atoms with Crippen molar-refractivity contribution in [2.75, 3.05) is 0 Å². The number of nitrogens with zero attached hydrogens (tertiary/aromatic N) is 2. The van der Waals surface area contributed by atoms with E-state index >= 15 is 0 Å². The highest BCUT2D eigenvalue weighted by Gasteiger charge is 2.19. The molecule has 3 aromatic rings. The molecule has 1 heterocycles. The molecule has 1 N–H and O–H groups in total. The van der Waals surface area contributed by atoms with E-state index in [-0.39, 0.29) is 11.8 Å². The number of nitrogens with one attached hydrogen (secondary N) is 1. The topological polar surface area (TPSA) is 73.2 Å². The standard InChI is InChI=1S/C21H19BrFN3O3/c1-2-18(21(28)24-13-14-4-3-5-15(22)12-14)29-19-10-11-20(27)26(25-19)17-8-6-16(23)7-9-17/h3-12,18H,2,13H2,1H3,(H,24,28)/t18-/m0/s1. The van der Waals surface area contributed by atoms with Gasteiger partial charge >= 0.3 is 0 Å². The predicted molar refractivity (Wildman–Crippen MR) is 110 cm³/mol. The average Bonchev–Trinajstić information content (AvgIpc) is 2.72. The maximum absolute atomic E-state index is 13.1. The highest BCUT2D eigenvalue weighted by Crippen LogP contribution is 2.13. The van der Waals surface area contributed by atoms with E-state index in [1.165, 1.54) is 36.4 Å². The summed E-state index contributed by atoms with van der Waals surface area (Å²) in [6.07, 6.45) is -0.351. The molecular formula is C21H19BrFN3O3. The van der Waals surface area contributed by atoms with Crippen LogP contribution in [0, 0.1) is 5.82 Å². The van der Waals surface area contributed by atoms with Crippen LogP contribution in [0.15, 0.2) is 69.9 Å². The fourth-order valence-corrected chi connectivity index (χ4v) is 3.09. The van der Waals surface area contributed by atoms with Crippen LogP contribution in [0.5, 0.6) is 5.88 Å². The van der Waals surface area contributed by atoms with Gasteiger partial charge in [0.15, 0.2) is 6.10 Å². The molecule has 0 aliphatic heterocycles. The summed E-state index contributed by atoms with van der Waals surface area (Å²) >= 11 is 3.40. The monoisotopic (exact) mass is 459 g/mol. The van der Waals surface area contributed by atoms with E-state index in [1.807, 2.05) is 31.2 Å². The maximum atomic E-state index is 13.1. The Balaban J connectivity index is 1.71. The number of aromatic nitrogens is 2. The molecule has 3 rings (SSSR count). The molecule has 0 unspecified atom stereocenters. The number of carbonyl (C=O) groups is 1. The van der Waals surface area contributed by atoms with Crippen molar-refractivity contribution in [2.45, 2.75) is 26.0 Å². The number of hydrogen-bond acceptors (Lipinski definition) is 4. The summed E-state index contributed by atoms with van der Waals surface area (Å²) in [6.45, 7) is 2.18. The molecule has 2 aromatic carbocycles. The van der Waals surface area contributed by atoms with E-state index in [9.17, 15) is 14.0 Å². The lowest BCUT2D eigenvalue weighted by atomic mass is 10.2. The summed E-state index contributed by atoms with van der Waals surface area (Å²) in [6, 6.07) is 15.7. The summed E-state index contributed by atoms with van der Waals surface area (Å²) < 4.78 is 20.9. The maximum Gasteiger partial charge on any atom is 0.271 e. The Morgan fingerprint density at radius 1 is 1.21 bits per heavy atom. The van der Waals surface area contributed by atoms with Gasteiger partial charge in [0, 0.05) is 23.2 Å². The van der Waals surface area contributed by atoms with Gasteiger partial charge < -0.3 is 10.1 Å². The average molecular weight is 460 g/mol. The van der Waals surface area contributed by atoms with Gasteiger partial charge in [-0.3, -0.25) is 9.59 Å². The van der Waals surface area contributed by atoms with E-state index in [4.69, 9.17) is 4.74 Å². The number of ether oxygens (including phenoxy) is 1. The Morgan fingerprint density at radius 3 is 2.66 bits per heavy atom. The zero-order valence-corrected chi connectivity index (χ0v) is 17.2.